The molecule has 2 N–H and O–H groups in total. The number of hydrogen-bond donors (Lipinski definition) is 2. The smallest absolute Gasteiger partial charge is 0.307 e. The molecular formula is C11H20N2O3. The van der Waals surface area contributed by atoms with Crippen molar-refractivity contribution >= 4 is 11.9 Å². The molecule has 1 aliphatic carbocycles. The van der Waals surface area contributed by atoms with Crippen LogP contribution in [0.25, 0.3) is 0 Å². The molecule has 0 heterocycles. The van der Waals surface area contributed by atoms with E-state index in [2.05, 4.69) is 5.43 Å². The summed E-state index contributed by atoms with van der Waals surface area (Å²) in [5.41, 5.74) is 2.65. The lowest BCUT2D eigenvalue weighted by atomic mass is 9.96. The van der Waals surface area contributed by atoms with E-state index >= 15 is 0 Å². The summed E-state index contributed by atoms with van der Waals surface area (Å²) < 4.78 is 0. The first-order chi connectivity index (χ1) is 7.45. The molecule has 1 amide bonds. The molecule has 0 radical (unpaired) electrons. The molecule has 1 aliphatic rings. The van der Waals surface area contributed by atoms with Crippen molar-refractivity contribution in [2.45, 2.75) is 26.2 Å². The van der Waals surface area contributed by atoms with Gasteiger partial charge in [0.05, 0.1) is 11.8 Å². The van der Waals surface area contributed by atoms with Gasteiger partial charge in [-0.1, -0.05) is 13.3 Å². The van der Waals surface area contributed by atoms with Crippen LogP contribution in [0.2, 0.25) is 0 Å². The third-order valence-corrected chi connectivity index (χ3v) is 3.23. The van der Waals surface area contributed by atoms with Gasteiger partial charge >= 0.3 is 5.97 Å². The Morgan fingerprint density at radius 1 is 1.31 bits per heavy atom. The molecule has 0 bridgehead atoms. The van der Waals surface area contributed by atoms with Gasteiger partial charge in [-0.05, 0) is 18.8 Å². The molecule has 92 valence electrons. The maximum atomic E-state index is 11.8. The maximum Gasteiger partial charge on any atom is 0.307 e. The number of hydrogen-bond acceptors (Lipinski definition) is 3. The quantitative estimate of drug-likeness (QED) is 0.695. The highest BCUT2D eigenvalue weighted by Gasteiger charge is 2.42. The Balaban J connectivity index is 2.69. The van der Waals surface area contributed by atoms with Gasteiger partial charge in [0.2, 0.25) is 5.91 Å². The van der Waals surface area contributed by atoms with Gasteiger partial charge in [0.15, 0.2) is 0 Å². The van der Waals surface area contributed by atoms with Crippen molar-refractivity contribution in [2.75, 3.05) is 14.1 Å². The lowest BCUT2D eigenvalue weighted by molar-refractivity contribution is -0.147. The number of aliphatic carboxylic acids is 1. The number of carboxylic acids is 1. The summed E-state index contributed by atoms with van der Waals surface area (Å²) in [6, 6.07) is 0. The highest BCUT2D eigenvalue weighted by Crippen LogP contribution is 2.38. The third kappa shape index (κ3) is 2.95. The van der Waals surface area contributed by atoms with Crippen molar-refractivity contribution in [1.29, 1.82) is 0 Å². The van der Waals surface area contributed by atoms with E-state index in [1.165, 1.54) is 0 Å². The van der Waals surface area contributed by atoms with Crippen LogP contribution in [0.5, 0.6) is 0 Å². The van der Waals surface area contributed by atoms with Crippen molar-refractivity contribution in [3.05, 3.63) is 0 Å². The number of hydrazine groups is 1. The molecule has 0 aromatic heterocycles. The fourth-order valence-corrected chi connectivity index (χ4v) is 2.34. The van der Waals surface area contributed by atoms with E-state index in [1.807, 2.05) is 6.92 Å². The molecule has 0 aromatic rings. The fraction of sp³-hybridized carbons (Fsp3) is 0.818. The summed E-state index contributed by atoms with van der Waals surface area (Å²) in [6.45, 7) is 2.04. The number of nitrogens with one attached hydrogen (secondary N) is 1. The van der Waals surface area contributed by atoms with Crippen LogP contribution in [0.3, 0.4) is 0 Å². The highest BCUT2D eigenvalue weighted by molar-refractivity contribution is 5.85. The SMILES string of the molecule is CCC1C[C@H](C(=O)NN(C)C)[C@H](C(=O)O)C1. The van der Waals surface area contributed by atoms with Crippen LogP contribution in [0.4, 0.5) is 0 Å². The average Bonchev–Trinajstić information content (AvgIpc) is 2.60. The molecule has 1 fully saturated rings. The van der Waals surface area contributed by atoms with Gasteiger partial charge in [-0.15, -0.1) is 0 Å². The van der Waals surface area contributed by atoms with Crippen molar-refractivity contribution in [3.8, 4) is 0 Å². The monoisotopic (exact) mass is 228 g/mol. The first kappa shape index (κ1) is 13.0. The lowest BCUT2D eigenvalue weighted by Crippen LogP contribution is -2.42. The van der Waals surface area contributed by atoms with Crippen LogP contribution in [-0.4, -0.2) is 36.1 Å². The minimum atomic E-state index is -0.852. The van der Waals surface area contributed by atoms with E-state index in [-0.39, 0.29) is 11.8 Å². The molecule has 1 rings (SSSR count). The van der Waals surface area contributed by atoms with Crippen LogP contribution in [0.15, 0.2) is 0 Å². The number of nitrogens with zero attached hydrogens (tertiary/aromatic N) is 1. The molecule has 1 saturated carbocycles. The van der Waals surface area contributed by atoms with Crippen LogP contribution in [-0.2, 0) is 9.59 Å². The van der Waals surface area contributed by atoms with Crippen molar-refractivity contribution < 1.29 is 14.7 Å². The summed E-state index contributed by atoms with van der Waals surface area (Å²) in [5, 5.41) is 10.6. The predicted molar refractivity (Wildman–Crippen MR) is 59.5 cm³/mol. The fourth-order valence-electron chi connectivity index (χ4n) is 2.34. The van der Waals surface area contributed by atoms with Gasteiger partial charge in [-0.25, -0.2) is 5.01 Å². The Bertz CT molecular complexity index is 278. The topological polar surface area (TPSA) is 69.6 Å². The summed E-state index contributed by atoms with van der Waals surface area (Å²) in [6.07, 6.45) is 2.25. The van der Waals surface area contributed by atoms with Crippen LogP contribution >= 0.6 is 0 Å². The number of carboxylic acid groups (broad SMARTS) is 1. The Kier molecular flexibility index (Phi) is 4.29. The van der Waals surface area contributed by atoms with E-state index in [0.29, 0.717) is 18.8 Å². The molecular weight excluding hydrogens is 208 g/mol. The number of carbonyl (C=O) groups is 2. The Morgan fingerprint density at radius 3 is 2.31 bits per heavy atom. The predicted octanol–water partition coefficient (Wildman–Crippen LogP) is 0.716. The first-order valence-electron chi connectivity index (χ1n) is 5.66. The molecule has 5 nitrogen and oxygen atoms in total. The number of amides is 1. The van der Waals surface area contributed by atoms with Gasteiger partial charge < -0.3 is 5.11 Å². The Labute approximate surface area is 95.8 Å². The summed E-state index contributed by atoms with van der Waals surface area (Å²) in [7, 11) is 3.44. The molecule has 5 heteroatoms. The van der Waals surface area contributed by atoms with Gasteiger partial charge in [-0.3, -0.25) is 15.0 Å². The second kappa shape index (κ2) is 5.30. The second-order valence-corrected chi connectivity index (χ2v) is 4.67. The molecule has 16 heavy (non-hydrogen) atoms. The summed E-state index contributed by atoms with van der Waals surface area (Å²) in [4.78, 5) is 22.9. The summed E-state index contributed by atoms with van der Waals surface area (Å²) >= 11 is 0. The van der Waals surface area contributed by atoms with Gasteiger partial charge in [0, 0.05) is 14.1 Å². The van der Waals surface area contributed by atoms with Crippen LogP contribution in [0.1, 0.15) is 26.2 Å². The molecule has 3 atom stereocenters. The lowest BCUT2D eigenvalue weighted by Gasteiger charge is -2.18. The zero-order valence-electron chi connectivity index (χ0n) is 10.1. The summed E-state index contributed by atoms with van der Waals surface area (Å²) in [5.74, 6) is -1.57. The largest absolute Gasteiger partial charge is 0.481 e. The van der Waals surface area contributed by atoms with E-state index in [0.717, 1.165) is 6.42 Å². The average molecular weight is 228 g/mol. The minimum absolute atomic E-state index is 0.173. The van der Waals surface area contributed by atoms with Crippen LogP contribution in [0, 0.1) is 17.8 Å². The maximum absolute atomic E-state index is 11.8. The van der Waals surface area contributed by atoms with Gasteiger partial charge in [0.25, 0.3) is 0 Å². The number of rotatable bonds is 4. The first-order valence-corrected chi connectivity index (χ1v) is 5.66. The molecule has 0 spiro atoms. The Hall–Kier alpha value is -1.10. The number of carbonyl (C=O) groups excluding carboxylic acids is 1. The standard InChI is InChI=1S/C11H20N2O3/c1-4-7-5-8(9(6-7)11(15)16)10(14)12-13(2)3/h7-9H,4-6H2,1-3H3,(H,12,14)(H,15,16)/t7?,8-,9+/m0/s1. The van der Waals surface area contributed by atoms with Gasteiger partial charge in [0.1, 0.15) is 0 Å². The zero-order chi connectivity index (χ0) is 12.3. The highest BCUT2D eigenvalue weighted by atomic mass is 16.4. The van der Waals surface area contributed by atoms with Crippen LogP contribution < -0.4 is 5.43 Å². The molecule has 0 aromatic carbocycles. The second-order valence-electron chi connectivity index (χ2n) is 4.67. The molecule has 0 aliphatic heterocycles. The van der Waals surface area contributed by atoms with E-state index in [4.69, 9.17) is 5.11 Å². The normalized spacial score (nSPS) is 29.4. The minimum Gasteiger partial charge on any atom is -0.481 e. The molecule has 1 unspecified atom stereocenters. The van der Waals surface area contributed by atoms with Gasteiger partial charge in [-0.2, -0.15) is 0 Å². The third-order valence-electron chi connectivity index (χ3n) is 3.23. The van der Waals surface area contributed by atoms with E-state index < -0.39 is 11.9 Å². The van der Waals surface area contributed by atoms with E-state index in [9.17, 15) is 9.59 Å². The van der Waals surface area contributed by atoms with E-state index in [1.54, 1.807) is 19.1 Å². The van der Waals surface area contributed by atoms with Crippen molar-refractivity contribution in [3.63, 3.8) is 0 Å². The van der Waals surface area contributed by atoms with Crippen molar-refractivity contribution in [2.24, 2.45) is 17.8 Å². The van der Waals surface area contributed by atoms with Crippen molar-refractivity contribution in [1.82, 2.24) is 10.4 Å². The molecule has 0 saturated heterocycles. The Morgan fingerprint density at radius 2 is 1.88 bits per heavy atom. The zero-order valence-corrected chi connectivity index (χ0v) is 10.1.